The second-order valence-electron chi connectivity index (χ2n) is 4.32. The molecule has 2 rings (SSSR count). The predicted molar refractivity (Wildman–Crippen MR) is 72.5 cm³/mol. The Morgan fingerprint density at radius 3 is 2.55 bits per heavy atom. The van der Waals surface area contributed by atoms with E-state index in [1.807, 2.05) is 13.0 Å². The van der Waals surface area contributed by atoms with Gasteiger partial charge in [0, 0.05) is 5.56 Å². The minimum Gasteiger partial charge on any atom is -0.478 e. The maximum absolute atomic E-state index is 13.0. The van der Waals surface area contributed by atoms with E-state index in [9.17, 15) is 14.0 Å². The summed E-state index contributed by atoms with van der Waals surface area (Å²) < 4.78 is 13.0. The average Bonchev–Trinajstić information content (AvgIpc) is 2.40. The normalized spacial score (nSPS) is 10.1. The molecule has 0 spiro atoms. The van der Waals surface area contributed by atoms with E-state index in [1.54, 1.807) is 18.2 Å². The number of benzene rings is 2. The number of halogens is 1. The Morgan fingerprint density at radius 2 is 1.90 bits per heavy atom. The molecule has 0 aliphatic carbocycles. The molecule has 0 saturated heterocycles. The van der Waals surface area contributed by atoms with Crippen LogP contribution in [0.25, 0.3) is 0 Å². The third-order valence-electron chi connectivity index (χ3n) is 2.74. The van der Waals surface area contributed by atoms with Gasteiger partial charge in [-0.2, -0.15) is 0 Å². The first kappa shape index (κ1) is 13.7. The van der Waals surface area contributed by atoms with Crippen LogP contribution in [0.5, 0.6) is 0 Å². The SMILES string of the molecule is Cc1cccc(C(=O)Nc2ccc(F)cc2C(=O)O)c1. The molecule has 1 amide bonds. The molecule has 4 nitrogen and oxygen atoms in total. The Kier molecular flexibility index (Phi) is 3.79. The van der Waals surface area contributed by atoms with E-state index in [2.05, 4.69) is 5.32 Å². The standard InChI is InChI=1S/C15H12FNO3/c1-9-3-2-4-10(7-9)14(18)17-13-6-5-11(16)8-12(13)15(19)20/h2-8H,1H3,(H,17,18)(H,19,20). The van der Waals surface area contributed by atoms with E-state index >= 15 is 0 Å². The summed E-state index contributed by atoms with van der Waals surface area (Å²) in [6.45, 7) is 1.84. The molecule has 0 heterocycles. The van der Waals surface area contributed by atoms with Gasteiger partial charge < -0.3 is 10.4 Å². The topological polar surface area (TPSA) is 66.4 Å². The van der Waals surface area contributed by atoms with Crippen LogP contribution in [0.15, 0.2) is 42.5 Å². The minimum atomic E-state index is -1.30. The van der Waals surface area contributed by atoms with Gasteiger partial charge in [0.15, 0.2) is 0 Å². The zero-order chi connectivity index (χ0) is 14.7. The molecule has 2 N–H and O–H groups in total. The van der Waals surface area contributed by atoms with Crippen LogP contribution in [0.2, 0.25) is 0 Å². The van der Waals surface area contributed by atoms with Gasteiger partial charge in [0.25, 0.3) is 5.91 Å². The first-order valence-electron chi connectivity index (χ1n) is 5.88. The highest BCUT2D eigenvalue weighted by Crippen LogP contribution is 2.18. The third-order valence-corrected chi connectivity index (χ3v) is 2.74. The maximum atomic E-state index is 13.0. The lowest BCUT2D eigenvalue weighted by Gasteiger charge is -2.09. The molecule has 0 aliphatic rings. The van der Waals surface area contributed by atoms with Gasteiger partial charge in [-0.15, -0.1) is 0 Å². The van der Waals surface area contributed by atoms with Gasteiger partial charge in [0.1, 0.15) is 5.82 Å². The van der Waals surface area contributed by atoms with Crippen LogP contribution >= 0.6 is 0 Å². The Hall–Kier alpha value is -2.69. The van der Waals surface area contributed by atoms with Crippen molar-refractivity contribution >= 4 is 17.6 Å². The van der Waals surface area contributed by atoms with Crippen molar-refractivity contribution in [2.45, 2.75) is 6.92 Å². The second kappa shape index (κ2) is 5.52. The number of carboxylic acids is 1. The highest BCUT2D eigenvalue weighted by Gasteiger charge is 2.14. The number of anilines is 1. The van der Waals surface area contributed by atoms with Gasteiger partial charge in [-0.3, -0.25) is 4.79 Å². The van der Waals surface area contributed by atoms with Gasteiger partial charge in [-0.05, 0) is 37.3 Å². The third kappa shape index (κ3) is 3.00. The lowest BCUT2D eigenvalue weighted by atomic mass is 10.1. The predicted octanol–water partition coefficient (Wildman–Crippen LogP) is 3.08. The van der Waals surface area contributed by atoms with Gasteiger partial charge in [0.05, 0.1) is 11.3 Å². The molecule has 0 unspecified atom stereocenters. The number of hydrogen-bond acceptors (Lipinski definition) is 2. The summed E-state index contributed by atoms with van der Waals surface area (Å²) in [5.74, 6) is -2.41. The number of hydrogen-bond donors (Lipinski definition) is 2. The van der Waals surface area contributed by atoms with Crippen molar-refractivity contribution in [3.63, 3.8) is 0 Å². The van der Waals surface area contributed by atoms with Crippen molar-refractivity contribution in [2.75, 3.05) is 5.32 Å². The fourth-order valence-corrected chi connectivity index (χ4v) is 1.78. The zero-order valence-corrected chi connectivity index (χ0v) is 10.7. The molecule has 0 atom stereocenters. The maximum Gasteiger partial charge on any atom is 0.337 e. The second-order valence-corrected chi connectivity index (χ2v) is 4.32. The van der Waals surface area contributed by atoms with E-state index in [1.165, 1.54) is 6.07 Å². The van der Waals surface area contributed by atoms with Crippen molar-refractivity contribution in [1.82, 2.24) is 0 Å². The van der Waals surface area contributed by atoms with E-state index in [-0.39, 0.29) is 11.3 Å². The Balaban J connectivity index is 2.30. The van der Waals surface area contributed by atoms with Crippen LogP contribution in [-0.2, 0) is 0 Å². The van der Waals surface area contributed by atoms with E-state index in [0.717, 1.165) is 17.7 Å². The van der Waals surface area contributed by atoms with E-state index in [0.29, 0.717) is 5.56 Å². The monoisotopic (exact) mass is 273 g/mol. The lowest BCUT2D eigenvalue weighted by molar-refractivity contribution is 0.0697. The van der Waals surface area contributed by atoms with Crippen LogP contribution in [0.1, 0.15) is 26.3 Å². The Labute approximate surface area is 114 Å². The van der Waals surface area contributed by atoms with Crippen LogP contribution < -0.4 is 5.32 Å². The summed E-state index contributed by atoms with van der Waals surface area (Å²) in [6, 6.07) is 10.1. The fourth-order valence-electron chi connectivity index (χ4n) is 1.78. The summed E-state index contributed by atoms with van der Waals surface area (Å²) in [5, 5.41) is 11.5. The number of nitrogens with one attached hydrogen (secondary N) is 1. The number of carbonyl (C=O) groups excluding carboxylic acids is 1. The Morgan fingerprint density at radius 1 is 1.15 bits per heavy atom. The number of aryl methyl sites for hydroxylation is 1. The van der Waals surface area contributed by atoms with Crippen molar-refractivity contribution in [1.29, 1.82) is 0 Å². The smallest absolute Gasteiger partial charge is 0.337 e. The molecule has 102 valence electrons. The summed E-state index contributed by atoms with van der Waals surface area (Å²) >= 11 is 0. The van der Waals surface area contributed by atoms with Gasteiger partial charge in [0.2, 0.25) is 0 Å². The number of carboxylic acid groups (broad SMARTS) is 1. The molecule has 0 aliphatic heterocycles. The van der Waals surface area contributed by atoms with Crippen molar-refractivity contribution in [3.05, 3.63) is 65.0 Å². The molecule has 0 fully saturated rings. The number of amides is 1. The van der Waals surface area contributed by atoms with Crippen LogP contribution in [0.3, 0.4) is 0 Å². The summed E-state index contributed by atoms with van der Waals surface area (Å²) in [6.07, 6.45) is 0. The van der Waals surface area contributed by atoms with Gasteiger partial charge >= 0.3 is 5.97 Å². The van der Waals surface area contributed by atoms with Crippen molar-refractivity contribution < 1.29 is 19.1 Å². The molecular formula is C15H12FNO3. The molecule has 0 radical (unpaired) electrons. The van der Waals surface area contributed by atoms with Crippen LogP contribution in [-0.4, -0.2) is 17.0 Å². The summed E-state index contributed by atoms with van der Waals surface area (Å²) in [5.41, 5.74) is 1.09. The summed E-state index contributed by atoms with van der Waals surface area (Å²) in [7, 11) is 0. The molecule has 20 heavy (non-hydrogen) atoms. The van der Waals surface area contributed by atoms with Crippen molar-refractivity contribution in [2.24, 2.45) is 0 Å². The first-order valence-corrected chi connectivity index (χ1v) is 5.88. The lowest BCUT2D eigenvalue weighted by Crippen LogP contribution is -2.15. The molecule has 0 bridgehead atoms. The van der Waals surface area contributed by atoms with Crippen LogP contribution in [0.4, 0.5) is 10.1 Å². The first-order chi connectivity index (χ1) is 9.47. The van der Waals surface area contributed by atoms with Crippen LogP contribution in [0, 0.1) is 12.7 Å². The van der Waals surface area contributed by atoms with Gasteiger partial charge in [-0.1, -0.05) is 17.7 Å². The number of carbonyl (C=O) groups is 2. The number of aromatic carboxylic acids is 1. The molecule has 0 aromatic heterocycles. The van der Waals surface area contributed by atoms with E-state index < -0.39 is 17.7 Å². The van der Waals surface area contributed by atoms with Gasteiger partial charge in [-0.25, -0.2) is 9.18 Å². The quantitative estimate of drug-likeness (QED) is 0.903. The van der Waals surface area contributed by atoms with Crippen molar-refractivity contribution in [3.8, 4) is 0 Å². The zero-order valence-electron chi connectivity index (χ0n) is 10.7. The highest BCUT2D eigenvalue weighted by molar-refractivity contribution is 6.07. The molecule has 2 aromatic rings. The Bertz CT molecular complexity index is 683. The largest absolute Gasteiger partial charge is 0.478 e. The minimum absolute atomic E-state index is 0.0606. The average molecular weight is 273 g/mol. The summed E-state index contributed by atoms with van der Waals surface area (Å²) in [4.78, 5) is 23.1. The molecule has 5 heteroatoms. The van der Waals surface area contributed by atoms with E-state index in [4.69, 9.17) is 5.11 Å². The molecule has 2 aromatic carbocycles. The number of rotatable bonds is 3. The molecular weight excluding hydrogens is 261 g/mol. The highest BCUT2D eigenvalue weighted by atomic mass is 19.1. The molecule has 0 saturated carbocycles. The fraction of sp³-hybridized carbons (Fsp3) is 0.0667.